The van der Waals surface area contributed by atoms with Crippen molar-refractivity contribution in [2.45, 2.75) is 58.1 Å². The minimum absolute atomic E-state index is 0. The molecule has 0 bridgehead atoms. The summed E-state index contributed by atoms with van der Waals surface area (Å²) in [4.78, 5) is 4.63. The molecule has 1 saturated carbocycles. The molecule has 1 heterocycles. The van der Waals surface area contributed by atoms with Crippen molar-refractivity contribution < 1.29 is 13.5 Å². The Hall–Kier alpha value is -0.130. The first-order chi connectivity index (χ1) is 11.5. The van der Waals surface area contributed by atoms with Crippen molar-refractivity contribution in [1.29, 1.82) is 0 Å². The van der Waals surface area contributed by atoms with Gasteiger partial charge in [0.15, 0.2) is 5.96 Å². The molecule has 3 N–H and O–H groups in total. The van der Waals surface area contributed by atoms with Gasteiger partial charge < -0.3 is 15.7 Å². The minimum Gasteiger partial charge on any atom is -0.393 e. The molecule has 2 rings (SSSR count). The maximum atomic E-state index is 11.9. The van der Waals surface area contributed by atoms with Gasteiger partial charge in [-0.2, -0.15) is 0 Å². The normalized spacial score (nSPS) is 26.3. The maximum absolute atomic E-state index is 11.9. The number of halogens is 1. The first-order valence-electron chi connectivity index (χ1n) is 9.17. The van der Waals surface area contributed by atoms with Crippen LogP contribution in [-0.4, -0.2) is 67.9 Å². The van der Waals surface area contributed by atoms with E-state index in [2.05, 4.69) is 15.6 Å². The number of aliphatic hydroxyl groups excluding tert-OH is 1. The van der Waals surface area contributed by atoms with Gasteiger partial charge in [-0.05, 0) is 39.5 Å². The van der Waals surface area contributed by atoms with Gasteiger partial charge in [0.05, 0.1) is 11.9 Å². The number of guanidine groups is 1. The Morgan fingerprint density at radius 1 is 1.20 bits per heavy atom. The molecule has 0 aromatic rings. The third-order valence-electron chi connectivity index (χ3n) is 5.00. The minimum atomic E-state index is -3.08. The molecule has 2 aliphatic rings. The zero-order valence-electron chi connectivity index (χ0n) is 15.3. The van der Waals surface area contributed by atoms with Crippen LogP contribution < -0.4 is 10.6 Å². The summed E-state index contributed by atoms with van der Waals surface area (Å²) < 4.78 is 25.4. The summed E-state index contributed by atoms with van der Waals surface area (Å²) in [7, 11) is -3.08. The molecular weight excluding hydrogens is 455 g/mol. The topological polar surface area (TPSA) is 94.0 Å². The number of nitrogens with one attached hydrogen (secondary N) is 2. The molecule has 0 aromatic heterocycles. The zero-order chi connectivity index (χ0) is 17.6. The molecule has 0 aromatic carbocycles. The van der Waals surface area contributed by atoms with Gasteiger partial charge in [0.25, 0.3) is 0 Å². The fourth-order valence-electron chi connectivity index (χ4n) is 3.41. The Balaban J connectivity index is 0.00000312. The van der Waals surface area contributed by atoms with Crippen molar-refractivity contribution in [2.24, 2.45) is 10.9 Å². The Morgan fingerprint density at radius 3 is 2.40 bits per heavy atom. The van der Waals surface area contributed by atoms with E-state index in [1.54, 1.807) is 11.2 Å². The van der Waals surface area contributed by atoms with Crippen molar-refractivity contribution in [1.82, 2.24) is 14.9 Å². The Morgan fingerprint density at radius 2 is 1.88 bits per heavy atom. The molecule has 1 saturated heterocycles. The van der Waals surface area contributed by atoms with Gasteiger partial charge in [0, 0.05) is 38.1 Å². The summed E-state index contributed by atoms with van der Waals surface area (Å²) in [6.45, 7) is 6.26. The molecule has 7 nitrogen and oxygen atoms in total. The number of aliphatic imine (C=N–C) groups is 1. The third kappa shape index (κ3) is 6.84. The number of nitrogens with zero attached hydrogens (tertiary/aromatic N) is 2. The average Bonchev–Trinajstić information content (AvgIpc) is 2.98. The number of aliphatic hydroxyl groups is 1. The van der Waals surface area contributed by atoms with Crippen LogP contribution in [0.2, 0.25) is 0 Å². The summed E-state index contributed by atoms with van der Waals surface area (Å²) in [6.07, 6.45) is 4.35. The molecule has 148 valence electrons. The highest BCUT2D eigenvalue weighted by Crippen LogP contribution is 2.25. The van der Waals surface area contributed by atoms with Gasteiger partial charge in [-0.15, -0.1) is 24.0 Å². The summed E-state index contributed by atoms with van der Waals surface area (Å²) >= 11 is 0. The van der Waals surface area contributed by atoms with E-state index in [1.165, 1.54) is 0 Å². The van der Waals surface area contributed by atoms with E-state index in [4.69, 9.17) is 0 Å². The lowest BCUT2D eigenvalue weighted by molar-refractivity contribution is 0.136. The van der Waals surface area contributed by atoms with Gasteiger partial charge in [-0.25, -0.2) is 12.7 Å². The van der Waals surface area contributed by atoms with Crippen molar-refractivity contribution in [2.75, 3.05) is 31.9 Å². The highest BCUT2D eigenvalue weighted by molar-refractivity contribution is 14.0. The van der Waals surface area contributed by atoms with Crippen LogP contribution in [0.4, 0.5) is 0 Å². The van der Waals surface area contributed by atoms with E-state index < -0.39 is 10.0 Å². The summed E-state index contributed by atoms with van der Waals surface area (Å²) in [6, 6.07) is 0.236. The standard InChI is InChI=1S/C16H32N4O3S.HI/c1-3-17-16(18-12-13-6-5-7-15(13)21)19-14-8-10-20(11-9-14)24(22,23)4-2;/h13-15,21H,3-12H2,1-2H3,(H2,17,18,19);1H. The van der Waals surface area contributed by atoms with E-state index in [0.717, 1.165) is 44.6 Å². The van der Waals surface area contributed by atoms with Crippen molar-refractivity contribution in [3.63, 3.8) is 0 Å². The lowest BCUT2D eigenvalue weighted by Gasteiger charge is -2.32. The third-order valence-corrected chi connectivity index (χ3v) is 6.88. The van der Waals surface area contributed by atoms with Crippen LogP contribution in [0.15, 0.2) is 4.99 Å². The van der Waals surface area contributed by atoms with Crippen LogP contribution in [0.1, 0.15) is 46.0 Å². The van der Waals surface area contributed by atoms with Crippen LogP contribution in [0.5, 0.6) is 0 Å². The van der Waals surface area contributed by atoms with E-state index in [1.807, 2.05) is 6.92 Å². The van der Waals surface area contributed by atoms with Crippen molar-refractivity contribution in [3.05, 3.63) is 0 Å². The summed E-state index contributed by atoms with van der Waals surface area (Å²) in [5.74, 6) is 1.20. The SMILES string of the molecule is CCNC(=NCC1CCCC1O)NC1CCN(S(=O)(=O)CC)CC1.I. The first-order valence-corrected chi connectivity index (χ1v) is 10.8. The molecule has 9 heteroatoms. The fraction of sp³-hybridized carbons (Fsp3) is 0.938. The Bertz CT molecular complexity index is 521. The molecule has 0 amide bonds. The molecule has 0 spiro atoms. The van der Waals surface area contributed by atoms with Crippen LogP contribution in [0.25, 0.3) is 0 Å². The predicted octanol–water partition coefficient (Wildman–Crippen LogP) is 1.13. The van der Waals surface area contributed by atoms with E-state index in [0.29, 0.717) is 19.6 Å². The second kappa shape index (κ2) is 10.9. The smallest absolute Gasteiger partial charge is 0.213 e. The maximum Gasteiger partial charge on any atom is 0.213 e. The molecule has 2 fully saturated rings. The first kappa shape index (κ1) is 22.9. The van der Waals surface area contributed by atoms with Gasteiger partial charge >= 0.3 is 0 Å². The quantitative estimate of drug-likeness (QED) is 0.296. The summed E-state index contributed by atoms with van der Waals surface area (Å²) in [5, 5.41) is 16.6. The van der Waals surface area contributed by atoms with E-state index >= 15 is 0 Å². The largest absolute Gasteiger partial charge is 0.393 e. The molecular formula is C16H33IN4O3S. The summed E-state index contributed by atoms with van der Waals surface area (Å²) in [5.41, 5.74) is 0. The van der Waals surface area contributed by atoms with Gasteiger partial charge in [0.1, 0.15) is 0 Å². The second-order valence-corrected chi connectivity index (χ2v) is 8.95. The molecule has 1 aliphatic heterocycles. The second-order valence-electron chi connectivity index (χ2n) is 6.70. The molecule has 0 radical (unpaired) electrons. The van der Waals surface area contributed by atoms with E-state index in [-0.39, 0.29) is 47.8 Å². The van der Waals surface area contributed by atoms with Crippen LogP contribution in [0.3, 0.4) is 0 Å². The number of hydrogen-bond donors (Lipinski definition) is 3. The molecule has 2 atom stereocenters. The van der Waals surface area contributed by atoms with Crippen LogP contribution in [0, 0.1) is 5.92 Å². The Kier molecular flexibility index (Phi) is 9.97. The number of rotatable bonds is 6. The van der Waals surface area contributed by atoms with Crippen molar-refractivity contribution in [3.8, 4) is 0 Å². The zero-order valence-corrected chi connectivity index (χ0v) is 18.4. The fourth-order valence-corrected chi connectivity index (χ4v) is 4.55. The lowest BCUT2D eigenvalue weighted by atomic mass is 10.1. The monoisotopic (exact) mass is 488 g/mol. The molecule has 1 aliphatic carbocycles. The Labute approximate surface area is 169 Å². The van der Waals surface area contributed by atoms with Crippen LogP contribution >= 0.6 is 24.0 Å². The van der Waals surface area contributed by atoms with Gasteiger partial charge in [-0.1, -0.05) is 6.42 Å². The molecule has 2 unspecified atom stereocenters. The number of piperidine rings is 1. The van der Waals surface area contributed by atoms with Crippen LogP contribution in [-0.2, 0) is 10.0 Å². The predicted molar refractivity (Wildman–Crippen MR) is 112 cm³/mol. The van der Waals surface area contributed by atoms with Gasteiger partial charge in [-0.3, -0.25) is 4.99 Å². The highest BCUT2D eigenvalue weighted by atomic mass is 127. The average molecular weight is 488 g/mol. The molecule has 25 heavy (non-hydrogen) atoms. The highest BCUT2D eigenvalue weighted by Gasteiger charge is 2.28. The van der Waals surface area contributed by atoms with Gasteiger partial charge in [0.2, 0.25) is 10.0 Å². The van der Waals surface area contributed by atoms with Crippen molar-refractivity contribution >= 4 is 40.0 Å². The van der Waals surface area contributed by atoms with E-state index in [9.17, 15) is 13.5 Å². The lowest BCUT2D eigenvalue weighted by Crippen LogP contribution is -2.50. The number of hydrogen-bond acceptors (Lipinski definition) is 4. The number of sulfonamides is 1.